The van der Waals surface area contributed by atoms with Crippen LogP contribution in [0, 0.1) is 0 Å². The van der Waals surface area contributed by atoms with Crippen LogP contribution in [0.2, 0.25) is 0 Å². The highest BCUT2D eigenvalue weighted by molar-refractivity contribution is 5.94. The Morgan fingerprint density at radius 3 is 2.18 bits per heavy atom. The van der Waals surface area contributed by atoms with Crippen molar-refractivity contribution in [1.82, 2.24) is 4.90 Å². The van der Waals surface area contributed by atoms with Crippen molar-refractivity contribution in [3.05, 3.63) is 35.4 Å². The molecule has 0 saturated carbocycles. The van der Waals surface area contributed by atoms with Crippen molar-refractivity contribution in [2.75, 3.05) is 19.6 Å². The molecule has 0 aromatic heterocycles. The normalized spacial score (nSPS) is 12.2. The van der Waals surface area contributed by atoms with Gasteiger partial charge in [-0.25, -0.2) is 0 Å². The molecular formula is C13H21N3O. The van der Waals surface area contributed by atoms with Crippen molar-refractivity contribution >= 4 is 5.91 Å². The lowest BCUT2D eigenvalue weighted by Crippen LogP contribution is -2.30. The third kappa shape index (κ3) is 3.28. The first-order chi connectivity index (χ1) is 8.13. The predicted octanol–water partition coefficient (Wildman–Crippen LogP) is 1.13. The average Bonchev–Trinajstić information content (AvgIpc) is 2.39. The molecule has 0 spiro atoms. The second-order valence-corrected chi connectivity index (χ2v) is 3.94. The maximum absolute atomic E-state index is 12.0. The van der Waals surface area contributed by atoms with Gasteiger partial charge < -0.3 is 16.4 Å². The van der Waals surface area contributed by atoms with Gasteiger partial charge in [0.05, 0.1) is 0 Å². The minimum absolute atomic E-state index is 0.0582. The summed E-state index contributed by atoms with van der Waals surface area (Å²) in [7, 11) is 0. The van der Waals surface area contributed by atoms with Crippen molar-refractivity contribution in [3.63, 3.8) is 0 Å². The van der Waals surface area contributed by atoms with Crippen LogP contribution < -0.4 is 11.5 Å². The topological polar surface area (TPSA) is 72.3 Å². The number of amides is 1. The highest BCUT2D eigenvalue weighted by Crippen LogP contribution is 2.12. The summed E-state index contributed by atoms with van der Waals surface area (Å²) in [5, 5.41) is 0. The molecule has 1 aromatic rings. The van der Waals surface area contributed by atoms with Gasteiger partial charge in [0.2, 0.25) is 0 Å². The quantitative estimate of drug-likeness (QED) is 0.803. The number of nitrogens with two attached hydrogens (primary N) is 2. The van der Waals surface area contributed by atoms with E-state index in [0.717, 1.165) is 18.7 Å². The Morgan fingerprint density at radius 2 is 1.76 bits per heavy atom. The van der Waals surface area contributed by atoms with E-state index < -0.39 is 0 Å². The first-order valence-electron chi connectivity index (χ1n) is 5.98. The largest absolute Gasteiger partial charge is 0.339 e. The highest BCUT2D eigenvalue weighted by Gasteiger charge is 2.12. The van der Waals surface area contributed by atoms with E-state index in [4.69, 9.17) is 11.5 Å². The lowest BCUT2D eigenvalue weighted by atomic mass is 10.1. The Hall–Kier alpha value is -1.39. The summed E-state index contributed by atoms with van der Waals surface area (Å²) in [5.74, 6) is 0.0582. The zero-order chi connectivity index (χ0) is 12.8. The Kier molecular flexibility index (Phi) is 5.12. The molecule has 4 N–H and O–H groups in total. The molecule has 0 bridgehead atoms. The van der Waals surface area contributed by atoms with Crippen LogP contribution in [0.1, 0.15) is 35.8 Å². The fourth-order valence-electron chi connectivity index (χ4n) is 1.70. The molecule has 1 rings (SSSR count). The van der Waals surface area contributed by atoms with Crippen LogP contribution in [0.25, 0.3) is 0 Å². The summed E-state index contributed by atoms with van der Waals surface area (Å²) in [6.07, 6.45) is 0. The van der Waals surface area contributed by atoms with E-state index in [1.807, 2.05) is 38.1 Å². The molecule has 0 fully saturated rings. The SMILES string of the molecule is CCN(CC)C(=O)c1ccc([C@@H](N)CN)cc1. The molecule has 0 radical (unpaired) electrons. The predicted molar refractivity (Wildman–Crippen MR) is 69.7 cm³/mol. The first-order valence-corrected chi connectivity index (χ1v) is 5.98. The summed E-state index contributed by atoms with van der Waals surface area (Å²) in [4.78, 5) is 13.8. The minimum atomic E-state index is -0.160. The monoisotopic (exact) mass is 235 g/mol. The third-order valence-corrected chi connectivity index (χ3v) is 2.89. The molecule has 94 valence electrons. The van der Waals surface area contributed by atoms with E-state index in [2.05, 4.69) is 0 Å². The van der Waals surface area contributed by atoms with Crippen molar-refractivity contribution in [2.45, 2.75) is 19.9 Å². The summed E-state index contributed by atoms with van der Waals surface area (Å²) < 4.78 is 0. The number of hydrogen-bond acceptors (Lipinski definition) is 3. The zero-order valence-electron chi connectivity index (χ0n) is 10.5. The molecule has 0 aliphatic carbocycles. The van der Waals surface area contributed by atoms with Crippen LogP contribution in [-0.4, -0.2) is 30.4 Å². The Morgan fingerprint density at radius 1 is 1.24 bits per heavy atom. The average molecular weight is 235 g/mol. The Balaban J connectivity index is 2.83. The van der Waals surface area contributed by atoms with Gasteiger partial charge >= 0.3 is 0 Å². The number of benzene rings is 1. The highest BCUT2D eigenvalue weighted by atomic mass is 16.2. The van der Waals surface area contributed by atoms with Gasteiger partial charge in [0.15, 0.2) is 0 Å². The van der Waals surface area contributed by atoms with Gasteiger partial charge in [-0.05, 0) is 31.5 Å². The van der Waals surface area contributed by atoms with E-state index in [0.29, 0.717) is 12.1 Å². The summed E-state index contributed by atoms with van der Waals surface area (Å²) in [5.41, 5.74) is 13.0. The number of nitrogens with zero attached hydrogens (tertiary/aromatic N) is 1. The van der Waals surface area contributed by atoms with Crippen LogP contribution in [0.5, 0.6) is 0 Å². The van der Waals surface area contributed by atoms with Crippen LogP contribution in [-0.2, 0) is 0 Å². The molecule has 0 heterocycles. The zero-order valence-corrected chi connectivity index (χ0v) is 10.5. The fraction of sp³-hybridized carbons (Fsp3) is 0.462. The van der Waals surface area contributed by atoms with Crippen LogP contribution >= 0.6 is 0 Å². The Bertz CT molecular complexity index is 357. The maximum atomic E-state index is 12.0. The lowest BCUT2D eigenvalue weighted by Gasteiger charge is -2.19. The van der Waals surface area contributed by atoms with E-state index in [9.17, 15) is 4.79 Å². The van der Waals surface area contributed by atoms with Crippen LogP contribution in [0.3, 0.4) is 0 Å². The molecule has 1 atom stereocenters. The molecular weight excluding hydrogens is 214 g/mol. The van der Waals surface area contributed by atoms with Gasteiger partial charge in [0.25, 0.3) is 5.91 Å². The van der Waals surface area contributed by atoms with E-state index in [1.54, 1.807) is 4.90 Å². The van der Waals surface area contributed by atoms with E-state index in [-0.39, 0.29) is 11.9 Å². The number of carbonyl (C=O) groups excluding carboxylic acids is 1. The second kappa shape index (κ2) is 6.37. The van der Waals surface area contributed by atoms with Gasteiger partial charge in [0, 0.05) is 31.2 Å². The molecule has 0 aliphatic rings. The summed E-state index contributed by atoms with van der Waals surface area (Å²) >= 11 is 0. The second-order valence-electron chi connectivity index (χ2n) is 3.94. The lowest BCUT2D eigenvalue weighted by molar-refractivity contribution is 0.0773. The molecule has 1 amide bonds. The van der Waals surface area contributed by atoms with Gasteiger partial charge in [-0.15, -0.1) is 0 Å². The van der Waals surface area contributed by atoms with E-state index in [1.165, 1.54) is 0 Å². The van der Waals surface area contributed by atoms with Gasteiger partial charge in [0.1, 0.15) is 0 Å². The van der Waals surface area contributed by atoms with Crippen LogP contribution in [0.4, 0.5) is 0 Å². The molecule has 4 heteroatoms. The molecule has 0 aliphatic heterocycles. The van der Waals surface area contributed by atoms with Gasteiger partial charge in [-0.2, -0.15) is 0 Å². The molecule has 4 nitrogen and oxygen atoms in total. The molecule has 0 saturated heterocycles. The van der Waals surface area contributed by atoms with Crippen molar-refractivity contribution in [2.24, 2.45) is 11.5 Å². The minimum Gasteiger partial charge on any atom is -0.339 e. The molecule has 17 heavy (non-hydrogen) atoms. The smallest absolute Gasteiger partial charge is 0.253 e. The van der Waals surface area contributed by atoms with Crippen molar-refractivity contribution in [1.29, 1.82) is 0 Å². The summed E-state index contributed by atoms with van der Waals surface area (Å²) in [6, 6.07) is 7.20. The van der Waals surface area contributed by atoms with E-state index >= 15 is 0 Å². The molecule has 0 unspecified atom stereocenters. The fourth-order valence-corrected chi connectivity index (χ4v) is 1.70. The van der Waals surface area contributed by atoms with Gasteiger partial charge in [-0.3, -0.25) is 4.79 Å². The first kappa shape index (κ1) is 13.7. The Labute approximate surface area is 103 Å². The maximum Gasteiger partial charge on any atom is 0.253 e. The number of hydrogen-bond donors (Lipinski definition) is 2. The summed E-state index contributed by atoms with van der Waals surface area (Å²) in [6.45, 7) is 5.79. The third-order valence-electron chi connectivity index (χ3n) is 2.89. The standard InChI is InChI=1S/C13H21N3O/c1-3-16(4-2)13(17)11-7-5-10(6-8-11)12(15)9-14/h5-8,12H,3-4,9,14-15H2,1-2H3/t12-/m0/s1. The van der Waals surface area contributed by atoms with Crippen molar-refractivity contribution in [3.8, 4) is 0 Å². The molecule has 1 aromatic carbocycles. The number of carbonyl (C=O) groups is 1. The van der Waals surface area contributed by atoms with Gasteiger partial charge in [-0.1, -0.05) is 12.1 Å². The van der Waals surface area contributed by atoms with Crippen molar-refractivity contribution < 1.29 is 4.79 Å². The van der Waals surface area contributed by atoms with Crippen LogP contribution in [0.15, 0.2) is 24.3 Å². The number of rotatable bonds is 5.